The second-order valence-corrected chi connectivity index (χ2v) is 2.54. The van der Waals surface area contributed by atoms with Crippen molar-refractivity contribution in [3.63, 3.8) is 0 Å². The molecule has 0 saturated carbocycles. The standard InChI is InChI=1S/C10H14O2.CH5N/c1-4-8-5-6-9(11-2)10(7-8)12-3;1-2/h5-7H,4H2,1-3H3;2H2,1H3. The molecule has 0 aromatic heterocycles. The molecule has 0 aliphatic heterocycles. The molecule has 14 heavy (non-hydrogen) atoms. The lowest BCUT2D eigenvalue weighted by Gasteiger charge is -2.07. The van der Waals surface area contributed by atoms with Gasteiger partial charge in [0.1, 0.15) is 0 Å². The Morgan fingerprint density at radius 2 is 1.64 bits per heavy atom. The zero-order chi connectivity index (χ0) is 11.0. The highest BCUT2D eigenvalue weighted by Gasteiger charge is 2.02. The third-order valence-corrected chi connectivity index (χ3v) is 1.86. The van der Waals surface area contributed by atoms with Gasteiger partial charge in [0.25, 0.3) is 0 Å². The lowest BCUT2D eigenvalue weighted by molar-refractivity contribution is 0.354. The van der Waals surface area contributed by atoms with Gasteiger partial charge >= 0.3 is 0 Å². The molecule has 0 aliphatic carbocycles. The van der Waals surface area contributed by atoms with E-state index in [1.807, 2.05) is 18.2 Å². The van der Waals surface area contributed by atoms with Gasteiger partial charge in [0.2, 0.25) is 0 Å². The molecular weight excluding hydrogens is 178 g/mol. The van der Waals surface area contributed by atoms with Crippen molar-refractivity contribution in [2.24, 2.45) is 5.73 Å². The predicted molar refractivity (Wildman–Crippen MR) is 59.0 cm³/mol. The van der Waals surface area contributed by atoms with Crippen molar-refractivity contribution in [3.8, 4) is 11.5 Å². The number of methoxy groups -OCH3 is 2. The van der Waals surface area contributed by atoms with Gasteiger partial charge < -0.3 is 15.2 Å². The number of nitrogens with two attached hydrogens (primary N) is 1. The van der Waals surface area contributed by atoms with E-state index in [1.165, 1.54) is 12.6 Å². The van der Waals surface area contributed by atoms with Gasteiger partial charge in [-0.25, -0.2) is 0 Å². The van der Waals surface area contributed by atoms with E-state index in [-0.39, 0.29) is 0 Å². The average Bonchev–Trinajstić information content (AvgIpc) is 2.30. The molecule has 80 valence electrons. The normalized spacial score (nSPS) is 8.64. The first-order valence-electron chi connectivity index (χ1n) is 4.60. The summed E-state index contributed by atoms with van der Waals surface area (Å²) in [6.07, 6.45) is 1.01. The van der Waals surface area contributed by atoms with Crippen LogP contribution in [-0.2, 0) is 6.42 Å². The van der Waals surface area contributed by atoms with E-state index in [4.69, 9.17) is 9.47 Å². The smallest absolute Gasteiger partial charge is 0.160 e. The highest BCUT2D eigenvalue weighted by atomic mass is 16.5. The molecule has 1 rings (SSSR count). The van der Waals surface area contributed by atoms with E-state index in [0.717, 1.165) is 17.9 Å². The van der Waals surface area contributed by atoms with Gasteiger partial charge in [-0.1, -0.05) is 13.0 Å². The van der Waals surface area contributed by atoms with Crippen LogP contribution in [0.3, 0.4) is 0 Å². The minimum atomic E-state index is 0.787. The first-order valence-corrected chi connectivity index (χ1v) is 4.60. The molecule has 3 heteroatoms. The Hall–Kier alpha value is -1.22. The molecule has 0 heterocycles. The molecule has 2 N–H and O–H groups in total. The first-order chi connectivity index (χ1) is 6.81. The topological polar surface area (TPSA) is 44.5 Å². The van der Waals surface area contributed by atoms with Crippen molar-refractivity contribution >= 4 is 0 Å². The maximum atomic E-state index is 5.15. The Kier molecular flexibility index (Phi) is 6.58. The van der Waals surface area contributed by atoms with Crippen molar-refractivity contribution < 1.29 is 9.47 Å². The quantitative estimate of drug-likeness (QED) is 0.804. The fraction of sp³-hybridized carbons (Fsp3) is 0.455. The van der Waals surface area contributed by atoms with Gasteiger partial charge in [0.05, 0.1) is 14.2 Å². The van der Waals surface area contributed by atoms with Gasteiger partial charge in [0.15, 0.2) is 11.5 Å². The van der Waals surface area contributed by atoms with Crippen LogP contribution in [0.15, 0.2) is 18.2 Å². The minimum Gasteiger partial charge on any atom is -0.493 e. The van der Waals surface area contributed by atoms with Crippen LogP contribution in [0.2, 0.25) is 0 Å². The van der Waals surface area contributed by atoms with E-state index in [1.54, 1.807) is 14.2 Å². The van der Waals surface area contributed by atoms with Crippen molar-refractivity contribution in [2.75, 3.05) is 21.3 Å². The summed E-state index contributed by atoms with van der Waals surface area (Å²) in [6.45, 7) is 2.11. The molecule has 0 saturated heterocycles. The lowest BCUT2D eigenvalue weighted by atomic mass is 10.1. The summed E-state index contributed by atoms with van der Waals surface area (Å²) >= 11 is 0. The van der Waals surface area contributed by atoms with Crippen LogP contribution < -0.4 is 15.2 Å². The Balaban J connectivity index is 0.000000791. The van der Waals surface area contributed by atoms with Crippen LogP contribution in [0, 0.1) is 0 Å². The number of benzene rings is 1. The van der Waals surface area contributed by atoms with E-state index >= 15 is 0 Å². The Labute approximate surface area is 85.8 Å². The summed E-state index contributed by atoms with van der Waals surface area (Å²) in [7, 11) is 4.79. The van der Waals surface area contributed by atoms with E-state index in [9.17, 15) is 0 Å². The van der Waals surface area contributed by atoms with Crippen molar-refractivity contribution in [1.82, 2.24) is 0 Å². The van der Waals surface area contributed by atoms with Crippen LogP contribution in [0.5, 0.6) is 11.5 Å². The minimum absolute atomic E-state index is 0.787. The molecule has 0 amide bonds. The molecule has 0 spiro atoms. The summed E-state index contributed by atoms with van der Waals surface area (Å²) in [5.74, 6) is 1.59. The monoisotopic (exact) mass is 197 g/mol. The van der Waals surface area contributed by atoms with Crippen LogP contribution in [-0.4, -0.2) is 21.3 Å². The van der Waals surface area contributed by atoms with Gasteiger partial charge in [-0.05, 0) is 31.2 Å². The third-order valence-electron chi connectivity index (χ3n) is 1.86. The fourth-order valence-electron chi connectivity index (χ4n) is 1.10. The Bertz CT molecular complexity index is 261. The number of hydrogen-bond donors (Lipinski definition) is 1. The number of rotatable bonds is 3. The summed E-state index contributed by atoms with van der Waals surface area (Å²) in [5.41, 5.74) is 5.76. The van der Waals surface area contributed by atoms with Crippen LogP contribution in [0.1, 0.15) is 12.5 Å². The molecular formula is C11H19NO2. The summed E-state index contributed by atoms with van der Waals surface area (Å²) in [6, 6.07) is 5.97. The summed E-state index contributed by atoms with van der Waals surface area (Å²) in [5, 5.41) is 0. The zero-order valence-electron chi connectivity index (χ0n) is 9.33. The maximum absolute atomic E-state index is 5.15. The van der Waals surface area contributed by atoms with Crippen LogP contribution in [0.25, 0.3) is 0 Å². The van der Waals surface area contributed by atoms with Crippen molar-refractivity contribution in [2.45, 2.75) is 13.3 Å². The predicted octanol–water partition coefficient (Wildman–Crippen LogP) is 1.84. The molecule has 0 fully saturated rings. The molecule has 0 bridgehead atoms. The maximum Gasteiger partial charge on any atom is 0.160 e. The number of aryl methyl sites for hydroxylation is 1. The zero-order valence-corrected chi connectivity index (χ0v) is 9.33. The highest BCUT2D eigenvalue weighted by molar-refractivity contribution is 5.42. The van der Waals surface area contributed by atoms with Crippen molar-refractivity contribution in [3.05, 3.63) is 23.8 Å². The van der Waals surface area contributed by atoms with E-state index in [2.05, 4.69) is 12.7 Å². The average molecular weight is 197 g/mol. The van der Waals surface area contributed by atoms with Gasteiger partial charge in [-0.2, -0.15) is 0 Å². The third kappa shape index (κ3) is 3.26. The molecule has 1 aromatic rings. The molecule has 1 aromatic carbocycles. The number of ether oxygens (including phenoxy) is 2. The fourth-order valence-corrected chi connectivity index (χ4v) is 1.10. The van der Waals surface area contributed by atoms with E-state index < -0.39 is 0 Å². The molecule has 0 atom stereocenters. The highest BCUT2D eigenvalue weighted by Crippen LogP contribution is 2.27. The van der Waals surface area contributed by atoms with E-state index in [0.29, 0.717) is 0 Å². The SMILES string of the molecule is CCc1ccc(OC)c(OC)c1.CN. The summed E-state index contributed by atoms with van der Waals surface area (Å²) < 4.78 is 10.3. The van der Waals surface area contributed by atoms with Gasteiger partial charge in [0, 0.05) is 0 Å². The number of hydrogen-bond acceptors (Lipinski definition) is 3. The second kappa shape index (κ2) is 7.21. The van der Waals surface area contributed by atoms with Crippen molar-refractivity contribution in [1.29, 1.82) is 0 Å². The Morgan fingerprint density at radius 3 is 2.07 bits per heavy atom. The van der Waals surface area contributed by atoms with Crippen LogP contribution >= 0.6 is 0 Å². The molecule has 0 unspecified atom stereocenters. The van der Waals surface area contributed by atoms with Gasteiger partial charge in [-0.3, -0.25) is 0 Å². The molecule has 3 nitrogen and oxygen atoms in total. The lowest BCUT2D eigenvalue weighted by Crippen LogP contribution is -1.91. The molecule has 0 radical (unpaired) electrons. The first kappa shape index (κ1) is 12.8. The van der Waals surface area contributed by atoms with Gasteiger partial charge in [-0.15, -0.1) is 0 Å². The van der Waals surface area contributed by atoms with Crippen LogP contribution in [0.4, 0.5) is 0 Å². The second-order valence-electron chi connectivity index (χ2n) is 2.54. The Morgan fingerprint density at radius 1 is 1.07 bits per heavy atom. The molecule has 0 aliphatic rings. The largest absolute Gasteiger partial charge is 0.493 e. The summed E-state index contributed by atoms with van der Waals surface area (Å²) in [4.78, 5) is 0.